The Hall–Kier alpha value is -4.69. The molecule has 10 nitrogen and oxygen atoms in total. The number of benzene rings is 2. The van der Waals surface area contributed by atoms with Gasteiger partial charge in [-0.1, -0.05) is 16.8 Å². The van der Waals surface area contributed by atoms with Crippen molar-refractivity contribution >= 4 is 34.8 Å². The Balaban J connectivity index is 1.76. The van der Waals surface area contributed by atoms with Gasteiger partial charge in [-0.15, -0.1) is 0 Å². The highest BCUT2D eigenvalue weighted by molar-refractivity contribution is 6.31. The molecule has 0 saturated carbocycles. The Morgan fingerprint density at radius 1 is 1.29 bits per heavy atom. The first-order chi connectivity index (χ1) is 18.2. The van der Waals surface area contributed by atoms with Crippen LogP contribution in [0.1, 0.15) is 34.8 Å². The van der Waals surface area contributed by atoms with E-state index < -0.39 is 29.2 Å². The predicted molar refractivity (Wildman–Crippen MR) is 138 cm³/mol. The van der Waals surface area contributed by atoms with Crippen molar-refractivity contribution < 1.29 is 23.6 Å². The number of halogens is 2. The van der Waals surface area contributed by atoms with E-state index in [2.05, 4.69) is 16.5 Å². The van der Waals surface area contributed by atoms with Gasteiger partial charge in [0.1, 0.15) is 24.2 Å². The summed E-state index contributed by atoms with van der Waals surface area (Å²) in [5.74, 6) is -2.29. The van der Waals surface area contributed by atoms with Crippen LogP contribution >= 0.6 is 11.6 Å². The molecule has 1 unspecified atom stereocenters. The number of hydrogen-bond acceptors (Lipinski definition) is 7. The number of ether oxygens (including phenoxy) is 1. The highest BCUT2D eigenvalue weighted by Crippen LogP contribution is 2.34. The monoisotopic (exact) mass is 537 g/mol. The molecule has 1 aliphatic rings. The van der Waals surface area contributed by atoms with Gasteiger partial charge in [-0.2, -0.15) is 5.26 Å². The summed E-state index contributed by atoms with van der Waals surface area (Å²) < 4.78 is 21.0. The van der Waals surface area contributed by atoms with Crippen LogP contribution in [-0.4, -0.2) is 35.8 Å². The van der Waals surface area contributed by atoms with Crippen LogP contribution in [0.2, 0.25) is 5.02 Å². The van der Waals surface area contributed by atoms with Gasteiger partial charge in [0.25, 0.3) is 11.5 Å². The SMILES string of the molecule is COc1cn(C(CC2=NOCC2)C(=O)Nc2ccc(C(N)=O)c(F)c2)c(=O)cc1-c1cc(Cl)ccc1C#N. The van der Waals surface area contributed by atoms with Crippen molar-refractivity contribution in [2.24, 2.45) is 10.9 Å². The normalized spacial score (nSPS) is 13.2. The number of pyridine rings is 1. The Bertz CT molecular complexity index is 1560. The van der Waals surface area contributed by atoms with Gasteiger partial charge in [-0.05, 0) is 36.4 Å². The maximum atomic E-state index is 14.3. The maximum Gasteiger partial charge on any atom is 0.252 e. The fourth-order valence-corrected chi connectivity index (χ4v) is 4.20. The third-order valence-electron chi connectivity index (χ3n) is 5.90. The standard InChI is InChI=1S/C26H21ClFN5O5/c1-37-23-13-33(24(34)11-20(23)19-8-15(27)3-2-14(19)12-29)22(10-17-6-7-38-32-17)26(36)31-16-4-5-18(25(30)35)21(28)9-16/h2-5,8-9,11,13,22H,6-7,10H2,1H3,(H2,30,35)(H,31,36). The Kier molecular flexibility index (Phi) is 7.74. The molecule has 194 valence electrons. The second kappa shape index (κ2) is 11.1. The van der Waals surface area contributed by atoms with E-state index in [0.717, 1.165) is 12.1 Å². The number of nitriles is 1. The molecule has 0 radical (unpaired) electrons. The Labute approximate surface area is 221 Å². The molecule has 2 heterocycles. The van der Waals surface area contributed by atoms with Crippen LogP contribution in [0.15, 0.2) is 58.6 Å². The maximum absolute atomic E-state index is 14.3. The molecular formula is C26H21ClFN5O5. The molecule has 0 bridgehead atoms. The van der Waals surface area contributed by atoms with Crippen LogP contribution in [0, 0.1) is 17.1 Å². The first-order valence-corrected chi connectivity index (χ1v) is 11.7. The minimum Gasteiger partial charge on any atom is -0.495 e. The van der Waals surface area contributed by atoms with E-state index in [-0.39, 0.29) is 29.0 Å². The zero-order chi connectivity index (χ0) is 27.4. The minimum absolute atomic E-state index is 0.0245. The van der Waals surface area contributed by atoms with E-state index in [4.69, 9.17) is 26.9 Å². The highest BCUT2D eigenvalue weighted by Gasteiger charge is 2.27. The van der Waals surface area contributed by atoms with Crippen LogP contribution in [0.3, 0.4) is 0 Å². The van der Waals surface area contributed by atoms with Crippen molar-refractivity contribution in [2.45, 2.75) is 18.9 Å². The fraction of sp³-hybridized carbons (Fsp3) is 0.192. The fourth-order valence-electron chi connectivity index (χ4n) is 4.03. The average molecular weight is 538 g/mol. The van der Waals surface area contributed by atoms with Crippen LogP contribution < -0.4 is 21.3 Å². The third kappa shape index (κ3) is 5.50. The molecule has 0 saturated heterocycles. The van der Waals surface area contributed by atoms with E-state index in [9.17, 15) is 24.0 Å². The van der Waals surface area contributed by atoms with Gasteiger partial charge in [0.2, 0.25) is 5.91 Å². The molecule has 4 rings (SSSR count). The lowest BCUT2D eigenvalue weighted by Crippen LogP contribution is -2.34. The largest absolute Gasteiger partial charge is 0.495 e. The number of carbonyl (C=O) groups excluding carboxylic acids is 2. The lowest BCUT2D eigenvalue weighted by Gasteiger charge is -2.21. The zero-order valence-electron chi connectivity index (χ0n) is 20.0. The zero-order valence-corrected chi connectivity index (χ0v) is 20.8. The molecule has 3 aromatic rings. The molecule has 2 aromatic carbocycles. The number of nitrogens with one attached hydrogen (secondary N) is 1. The number of primary amides is 1. The number of aromatic nitrogens is 1. The summed E-state index contributed by atoms with van der Waals surface area (Å²) in [7, 11) is 1.39. The Morgan fingerprint density at radius 2 is 2.08 bits per heavy atom. The molecule has 0 spiro atoms. The van der Waals surface area contributed by atoms with Crippen LogP contribution in [0.5, 0.6) is 5.75 Å². The third-order valence-corrected chi connectivity index (χ3v) is 6.14. The van der Waals surface area contributed by atoms with Crippen LogP contribution in [0.4, 0.5) is 10.1 Å². The summed E-state index contributed by atoms with van der Waals surface area (Å²) in [5.41, 5.74) is 5.83. The summed E-state index contributed by atoms with van der Waals surface area (Å²) in [6, 6.07) is 10.2. The number of amides is 2. The summed E-state index contributed by atoms with van der Waals surface area (Å²) >= 11 is 6.13. The summed E-state index contributed by atoms with van der Waals surface area (Å²) in [6.45, 7) is 0.340. The molecular weight excluding hydrogens is 517 g/mol. The first kappa shape index (κ1) is 26.4. The van der Waals surface area contributed by atoms with Crippen molar-refractivity contribution in [2.75, 3.05) is 19.0 Å². The van der Waals surface area contributed by atoms with Crippen molar-refractivity contribution in [3.63, 3.8) is 0 Å². The molecule has 0 aliphatic carbocycles. The van der Waals surface area contributed by atoms with Gasteiger partial charge >= 0.3 is 0 Å². The first-order valence-electron chi connectivity index (χ1n) is 11.3. The highest BCUT2D eigenvalue weighted by atomic mass is 35.5. The molecule has 1 aliphatic heterocycles. The number of nitrogens with two attached hydrogens (primary N) is 1. The lowest BCUT2D eigenvalue weighted by atomic mass is 10.00. The molecule has 12 heteroatoms. The van der Waals surface area contributed by atoms with Gasteiger partial charge in [0.15, 0.2) is 0 Å². The number of hydrogen-bond donors (Lipinski definition) is 2. The number of nitrogens with zero attached hydrogens (tertiary/aromatic N) is 3. The Morgan fingerprint density at radius 3 is 2.71 bits per heavy atom. The van der Waals surface area contributed by atoms with E-state index in [1.807, 2.05) is 0 Å². The molecule has 3 N–H and O–H groups in total. The molecule has 0 fully saturated rings. The second-order valence-corrected chi connectivity index (χ2v) is 8.75. The number of rotatable bonds is 8. The molecule has 1 atom stereocenters. The number of oxime groups is 1. The molecule has 1 aromatic heterocycles. The average Bonchev–Trinajstić information content (AvgIpc) is 3.40. The van der Waals surface area contributed by atoms with E-state index in [1.54, 1.807) is 12.1 Å². The number of anilines is 1. The van der Waals surface area contributed by atoms with Gasteiger partial charge in [-0.3, -0.25) is 19.0 Å². The minimum atomic E-state index is -1.13. The van der Waals surface area contributed by atoms with E-state index in [1.165, 1.54) is 36.1 Å². The quantitative estimate of drug-likeness (QED) is 0.448. The summed E-state index contributed by atoms with van der Waals surface area (Å²) in [4.78, 5) is 43.1. The topological polar surface area (TPSA) is 149 Å². The summed E-state index contributed by atoms with van der Waals surface area (Å²) in [6.07, 6.45) is 1.84. The number of carbonyl (C=O) groups is 2. The van der Waals surface area contributed by atoms with Gasteiger partial charge in [0, 0.05) is 40.7 Å². The van der Waals surface area contributed by atoms with Gasteiger partial charge in [-0.25, -0.2) is 4.39 Å². The number of methoxy groups -OCH3 is 1. The second-order valence-electron chi connectivity index (χ2n) is 8.31. The smallest absolute Gasteiger partial charge is 0.252 e. The van der Waals surface area contributed by atoms with Crippen molar-refractivity contribution in [1.29, 1.82) is 5.26 Å². The summed E-state index contributed by atoms with van der Waals surface area (Å²) in [5, 5.41) is 16.4. The van der Waals surface area contributed by atoms with Gasteiger partial charge in [0.05, 0.1) is 36.2 Å². The van der Waals surface area contributed by atoms with E-state index in [0.29, 0.717) is 34.9 Å². The van der Waals surface area contributed by atoms with Crippen molar-refractivity contribution in [1.82, 2.24) is 4.57 Å². The van der Waals surface area contributed by atoms with Gasteiger partial charge < -0.3 is 20.6 Å². The van der Waals surface area contributed by atoms with Crippen LogP contribution in [0.25, 0.3) is 11.1 Å². The predicted octanol–water partition coefficient (Wildman–Crippen LogP) is 3.63. The lowest BCUT2D eigenvalue weighted by molar-refractivity contribution is -0.119. The van der Waals surface area contributed by atoms with Crippen molar-refractivity contribution in [3.05, 3.63) is 81.0 Å². The molecule has 38 heavy (non-hydrogen) atoms. The van der Waals surface area contributed by atoms with Crippen LogP contribution in [-0.2, 0) is 9.63 Å². The van der Waals surface area contributed by atoms with E-state index >= 15 is 0 Å². The molecule has 2 amide bonds. The van der Waals surface area contributed by atoms with Crippen molar-refractivity contribution in [3.8, 4) is 22.9 Å².